The fraction of sp³-hybridized carbons (Fsp3) is 0.333. The van der Waals surface area contributed by atoms with Crippen LogP contribution < -0.4 is 5.32 Å². The second-order valence-corrected chi connectivity index (χ2v) is 4.18. The van der Waals surface area contributed by atoms with E-state index < -0.39 is 0 Å². The van der Waals surface area contributed by atoms with Crippen molar-refractivity contribution in [3.05, 3.63) is 29.6 Å². The molecule has 5 heteroatoms. The van der Waals surface area contributed by atoms with Crippen LogP contribution in [0.25, 0.3) is 11.4 Å². The van der Waals surface area contributed by atoms with E-state index in [9.17, 15) is 4.39 Å². The standard InChI is InChI=1S/C12H14FN3O/c1-7(2)14-12-15-11(16-17-12)10-5-4-9(13)6-8(10)3/h4-7H,1-3H3,(H,14,15,16). The maximum Gasteiger partial charge on any atom is 0.321 e. The first kappa shape index (κ1) is 11.6. The predicted octanol–water partition coefficient (Wildman–Crippen LogP) is 3.00. The molecule has 17 heavy (non-hydrogen) atoms. The number of rotatable bonds is 3. The molecule has 0 saturated carbocycles. The summed E-state index contributed by atoms with van der Waals surface area (Å²) in [4.78, 5) is 4.20. The largest absolute Gasteiger partial charge is 0.336 e. The minimum atomic E-state index is -0.268. The summed E-state index contributed by atoms with van der Waals surface area (Å²) in [6, 6.07) is 5.07. The van der Waals surface area contributed by atoms with Crippen LogP contribution in [0.4, 0.5) is 10.4 Å². The van der Waals surface area contributed by atoms with Crippen LogP contribution >= 0.6 is 0 Å². The van der Waals surface area contributed by atoms with Crippen molar-refractivity contribution in [3.8, 4) is 11.4 Å². The molecule has 0 radical (unpaired) electrons. The van der Waals surface area contributed by atoms with Crippen molar-refractivity contribution in [2.75, 3.05) is 5.32 Å². The van der Waals surface area contributed by atoms with Crippen LogP contribution in [-0.4, -0.2) is 16.2 Å². The number of nitrogens with zero attached hydrogens (tertiary/aromatic N) is 2. The number of anilines is 1. The van der Waals surface area contributed by atoms with Gasteiger partial charge in [-0.25, -0.2) is 4.39 Å². The lowest BCUT2D eigenvalue weighted by Crippen LogP contribution is -2.09. The van der Waals surface area contributed by atoms with Gasteiger partial charge in [0.05, 0.1) is 0 Å². The molecule has 0 amide bonds. The van der Waals surface area contributed by atoms with Gasteiger partial charge in [0.25, 0.3) is 0 Å². The average Bonchev–Trinajstić information content (AvgIpc) is 2.65. The first-order chi connectivity index (χ1) is 8.06. The van der Waals surface area contributed by atoms with E-state index in [1.807, 2.05) is 20.8 Å². The molecule has 1 aromatic carbocycles. The zero-order chi connectivity index (χ0) is 12.4. The predicted molar refractivity (Wildman–Crippen MR) is 63.2 cm³/mol. The fourth-order valence-electron chi connectivity index (χ4n) is 1.52. The van der Waals surface area contributed by atoms with Crippen molar-refractivity contribution in [2.24, 2.45) is 0 Å². The van der Waals surface area contributed by atoms with E-state index in [4.69, 9.17) is 4.52 Å². The third-order valence-corrected chi connectivity index (χ3v) is 2.27. The highest BCUT2D eigenvalue weighted by molar-refractivity contribution is 5.60. The van der Waals surface area contributed by atoms with Crippen molar-refractivity contribution in [1.29, 1.82) is 0 Å². The molecule has 1 N–H and O–H groups in total. The number of hydrogen-bond donors (Lipinski definition) is 1. The van der Waals surface area contributed by atoms with Gasteiger partial charge in [0.15, 0.2) is 0 Å². The minimum Gasteiger partial charge on any atom is -0.336 e. The number of hydrogen-bond acceptors (Lipinski definition) is 4. The van der Waals surface area contributed by atoms with Gasteiger partial charge in [-0.15, -0.1) is 0 Å². The molecular weight excluding hydrogens is 221 g/mol. The van der Waals surface area contributed by atoms with Crippen LogP contribution in [0.3, 0.4) is 0 Å². The third kappa shape index (κ3) is 2.61. The van der Waals surface area contributed by atoms with Crippen LogP contribution in [0.2, 0.25) is 0 Å². The van der Waals surface area contributed by atoms with Crippen molar-refractivity contribution in [1.82, 2.24) is 10.1 Å². The van der Waals surface area contributed by atoms with Crippen molar-refractivity contribution >= 4 is 6.01 Å². The molecule has 0 aliphatic carbocycles. The summed E-state index contributed by atoms with van der Waals surface area (Å²) in [5.74, 6) is 0.195. The van der Waals surface area contributed by atoms with Crippen LogP contribution in [0.5, 0.6) is 0 Å². The highest BCUT2D eigenvalue weighted by Gasteiger charge is 2.11. The molecule has 0 unspecified atom stereocenters. The van der Waals surface area contributed by atoms with Crippen LogP contribution in [0.1, 0.15) is 19.4 Å². The fourth-order valence-corrected chi connectivity index (χ4v) is 1.52. The number of benzene rings is 1. The van der Waals surface area contributed by atoms with Crippen LogP contribution in [0, 0.1) is 12.7 Å². The number of nitrogens with one attached hydrogen (secondary N) is 1. The molecule has 0 atom stereocenters. The second-order valence-electron chi connectivity index (χ2n) is 4.18. The van der Waals surface area contributed by atoms with Gasteiger partial charge in [0, 0.05) is 11.6 Å². The summed E-state index contributed by atoms with van der Waals surface area (Å²) in [6.07, 6.45) is 0. The van der Waals surface area contributed by atoms with Gasteiger partial charge in [-0.05, 0) is 44.5 Å². The molecule has 0 aliphatic heterocycles. The zero-order valence-corrected chi connectivity index (χ0v) is 9.99. The van der Waals surface area contributed by atoms with Gasteiger partial charge in [0.1, 0.15) is 5.82 Å². The minimum absolute atomic E-state index is 0.220. The molecule has 2 aromatic rings. The first-order valence-corrected chi connectivity index (χ1v) is 5.43. The molecular formula is C12H14FN3O. The highest BCUT2D eigenvalue weighted by atomic mass is 19.1. The Balaban J connectivity index is 2.30. The van der Waals surface area contributed by atoms with Gasteiger partial charge in [-0.2, -0.15) is 4.98 Å². The van der Waals surface area contributed by atoms with Gasteiger partial charge in [-0.1, -0.05) is 5.16 Å². The first-order valence-electron chi connectivity index (χ1n) is 5.43. The summed E-state index contributed by atoms with van der Waals surface area (Å²) in [5, 5.41) is 6.87. The average molecular weight is 235 g/mol. The summed E-state index contributed by atoms with van der Waals surface area (Å²) in [7, 11) is 0. The molecule has 90 valence electrons. The molecule has 0 bridgehead atoms. The Kier molecular flexibility index (Phi) is 3.08. The van der Waals surface area contributed by atoms with Crippen LogP contribution in [0.15, 0.2) is 22.7 Å². The van der Waals surface area contributed by atoms with E-state index in [0.29, 0.717) is 11.8 Å². The quantitative estimate of drug-likeness (QED) is 0.888. The lowest BCUT2D eigenvalue weighted by Gasteiger charge is -2.02. The van der Waals surface area contributed by atoms with E-state index in [2.05, 4.69) is 15.5 Å². The normalized spacial score (nSPS) is 10.9. The summed E-state index contributed by atoms with van der Waals surface area (Å²) < 4.78 is 18.0. The van der Waals surface area contributed by atoms with E-state index >= 15 is 0 Å². The van der Waals surface area contributed by atoms with E-state index in [-0.39, 0.29) is 11.9 Å². The maximum absolute atomic E-state index is 13.0. The van der Waals surface area contributed by atoms with E-state index in [1.54, 1.807) is 6.07 Å². The monoisotopic (exact) mass is 235 g/mol. The lowest BCUT2D eigenvalue weighted by atomic mass is 10.1. The zero-order valence-electron chi connectivity index (χ0n) is 9.99. The van der Waals surface area contributed by atoms with Gasteiger partial charge in [0.2, 0.25) is 5.82 Å². The topological polar surface area (TPSA) is 51.0 Å². The molecule has 0 spiro atoms. The molecule has 1 heterocycles. The number of aryl methyl sites for hydroxylation is 1. The van der Waals surface area contributed by atoms with Crippen LogP contribution in [-0.2, 0) is 0 Å². The Bertz CT molecular complexity index is 522. The number of aromatic nitrogens is 2. The Morgan fingerprint density at radius 3 is 2.76 bits per heavy atom. The molecule has 2 rings (SSSR count). The van der Waals surface area contributed by atoms with E-state index in [1.165, 1.54) is 12.1 Å². The Morgan fingerprint density at radius 2 is 2.12 bits per heavy atom. The van der Waals surface area contributed by atoms with Crippen molar-refractivity contribution < 1.29 is 8.91 Å². The second kappa shape index (κ2) is 4.53. The molecule has 0 fully saturated rings. The molecule has 0 aliphatic rings. The van der Waals surface area contributed by atoms with Gasteiger partial charge < -0.3 is 9.84 Å². The Hall–Kier alpha value is -1.91. The van der Waals surface area contributed by atoms with Crippen molar-refractivity contribution in [2.45, 2.75) is 26.8 Å². The highest BCUT2D eigenvalue weighted by Crippen LogP contribution is 2.22. The summed E-state index contributed by atoms with van der Waals surface area (Å²) in [5.41, 5.74) is 1.55. The SMILES string of the molecule is Cc1cc(F)ccc1-c1noc(NC(C)C)n1. The maximum atomic E-state index is 13.0. The van der Waals surface area contributed by atoms with Gasteiger partial charge in [-0.3, -0.25) is 0 Å². The lowest BCUT2D eigenvalue weighted by molar-refractivity contribution is 0.429. The Labute approximate surface area is 98.8 Å². The smallest absolute Gasteiger partial charge is 0.321 e. The molecule has 4 nitrogen and oxygen atoms in total. The van der Waals surface area contributed by atoms with E-state index in [0.717, 1.165) is 11.1 Å². The molecule has 1 aromatic heterocycles. The summed E-state index contributed by atoms with van der Waals surface area (Å²) >= 11 is 0. The number of halogens is 1. The van der Waals surface area contributed by atoms with Gasteiger partial charge >= 0.3 is 6.01 Å². The Morgan fingerprint density at radius 1 is 1.35 bits per heavy atom. The van der Waals surface area contributed by atoms with Crippen molar-refractivity contribution in [3.63, 3.8) is 0 Å². The summed E-state index contributed by atoms with van der Waals surface area (Å²) in [6.45, 7) is 5.77. The molecule has 0 saturated heterocycles. The third-order valence-electron chi connectivity index (χ3n) is 2.27.